The third-order valence-electron chi connectivity index (χ3n) is 2.22. The van der Waals surface area contributed by atoms with Crippen molar-refractivity contribution in [1.82, 2.24) is 0 Å². The zero-order valence-corrected chi connectivity index (χ0v) is 10.6. The van der Waals surface area contributed by atoms with Gasteiger partial charge >= 0.3 is 6.09 Å². The van der Waals surface area contributed by atoms with Crippen LogP contribution < -0.4 is 5.32 Å². The first-order valence-corrected chi connectivity index (χ1v) is 5.81. The topological polar surface area (TPSA) is 58.6 Å². The summed E-state index contributed by atoms with van der Waals surface area (Å²) in [5, 5.41) is 11.3. The normalized spacial score (nSPS) is 9.28. The molecule has 0 fully saturated rings. The van der Waals surface area contributed by atoms with Gasteiger partial charge in [0, 0.05) is 17.7 Å². The maximum atomic E-state index is 11.3. The predicted octanol–water partition coefficient (Wildman–Crippen LogP) is 2.30. The molecule has 0 radical (unpaired) electrons. The summed E-state index contributed by atoms with van der Waals surface area (Å²) in [6.45, 7) is 4.03. The van der Waals surface area contributed by atoms with Crippen molar-refractivity contribution in [3.05, 3.63) is 29.3 Å². The van der Waals surface area contributed by atoms with Crippen LogP contribution in [0.1, 0.15) is 24.5 Å². The standard InChI is InChI=1S/C14H17NO3/c1-3-18-14(17)15-13-10-12(6-4-5-9-16)8-7-11(13)2/h7-8,10,16H,3,5,9H2,1-2H3,(H,15,17). The first-order chi connectivity index (χ1) is 8.67. The minimum Gasteiger partial charge on any atom is -0.450 e. The summed E-state index contributed by atoms with van der Waals surface area (Å²) in [6.07, 6.45) is -0.0322. The number of carbonyl (C=O) groups is 1. The van der Waals surface area contributed by atoms with E-state index in [4.69, 9.17) is 9.84 Å². The van der Waals surface area contributed by atoms with Crippen LogP contribution in [0.4, 0.5) is 10.5 Å². The van der Waals surface area contributed by atoms with Gasteiger partial charge in [-0.25, -0.2) is 4.79 Å². The molecule has 1 aromatic rings. The number of ether oxygens (including phenoxy) is 1. The van der Waals surface area contributed by atoms with Crippen molar-refractivity contribution in [1.29, 1.82) is 0 Å². The largest absolute Gasteiger partial charge is 0.450 e. The van der Waals surface area contributed by atoms with Crippen LogP contribution in [0, 0.1) is 18.8 Å². The number of aliphatic hydroxyl groups is 1. The number of aliphatic hydroxyl groups excluding tert-OH is 1. The lowest BCUT2D eigenvalue weighted by Crippen LogP contribution is -2.14. The summed E-state index contributed by atoms with van der Waals surface area (Å²) < 4.78 is 4.82. The van der Waals surface area contributed by atoms with Gasteiger partial charge < -0.3 is 9.84 Å². The van der Waals surface area contributed by atoms with E-state index in [1.54, 1.807) is 13.0 Å². The lowest BCUT2D eigenvalue weighted by atomic mass is 10.1. The van der Waals surface area contributed by atoms with E-state index in [9.17, 15) is 4.79 Å². The Morgan fingerprint density at radius 1 is 1.50 bits per heavy atom. The summed E-state index contributed by atoms with van der Waals surface area (Å²) in [4.78, 5) is 11.3. The Bertz CT molecular complexity index is 472. The first kappa shape index (κ1) is 14.1. The van der Waals surface area contributed by atoms with E-state index in [0.29, 0.717) is 18.7 Å². The average Bonchev–Trinajstić information content (AvgIpc) is 2.34. The number of aryl methyl sites for hydroxylation is 1. The zero-order valence-electron chi connectivity index (χ0n) is 10.6. The molecule has 0 aromatic heterocycles. The Hall–Kier alpha value is -1.99. The van der Waals surface area contributed by atoms with Crippen molar-refractivity contribution in [3.8, 4) is 11.8 Å². The second-order valence-electron chi connectivity index (χ2n) is 3.65. The monoisotopic (exact) mass is 247 g/mol. The van der Waals surface area contributed by atoms with Gasteiger partial charge in [0.15, 0.2) is 0 Å². The summed E-state index contributed by atoms with van der Waals surface area (Å²) in [7, 11) is 0. The maximum absolute atomic E-state index is 11.3. The van der Waals surface area contributed by atoms with Crippen LogP contribution in [0.25, 0.3) is 0 Å². The van der Waals surface area contributed by atoms with Gasteiger partial charge in [-0.05, 0) is 31.5 Å². The molecule has 0 aliphatic carbocycles. The van der Waals surface area contributed by atoms with Gasteiger partial charge in [-0.1, -0.05) is 17.9 Å². The van der Waals surface area contributed by atoms with E-state index in [-0.39, 0.29) is 6.61 Å². The average molecular weight is 247 g/mol. The molecule has 0 aliphatic rings. The Labute approximate surface area is 107 Å². The number of nitrogens with one attached hydrogen (secondary N) is 1. The fourth-order valence-corrected chi connectivity index (χ4v) is 1.33. The van der Waals surface area contributed by atoms with Crippen LogP contribution in [0.5, 0.6) is 0 Å². The smallest absolute Gasteiger partial charge is 0.411 e. The fraction of sp³-hybridized carbons (Fsp3) is 0.357. The third-order valence-corrected chi connectivity index (χ3v) is 2.22. The highest BCUT2D eigenvalue weighted by molar-refractivity contribution is 5.85. The van der Waals surface area contributed by atoms with E-state index in [2.05, 4.69) is 17.2 Å². The molecular weight excluding hydrogens is 230 g/mol. The van der Waals surface area contributed by atoms with Gasteiger partial charge in [-0.2, -0.15) is 0 Å². The molecule has 0 saturated carbocycles. The molecule has 0 unspecified atom stereocenters. The molecule has 2 N–H and O–H groups in total. The molecule has 96 valence electrons. The SMILES string of the molecule is CCOC(=O)Nc1cc(C#CCCO)ccc1C. The lowest BCUT2D eigenvalue weighted by molar-refractivity contribution is 0.168. The number of rotatable bonds is 3. The van der Waals surface area contributed by atoms with E-state index in [0.717, 1.165) is 11.1 Å². The van der Waals surface area contributed by atoms with Gasteiger partial charge in [-0.15, -0.1) is 0 Å². The maximum Gasteiger partial charge on any atom is 0.411 e. The molecule has 4 nitrogen and oxygen atoms in total. The van der Waals surface area contributed by atoms with Crippen molar-refractivity contribution in [2.24, 2.45) is 0 Å². The molecule has 1 aromatic carbocycles. The highest BCUT2D eigenvalue weighted by Gasteiger charge is 2.05. The minimum absolute atomic E-state index is 0.0484. The number of amides is 1. The molecule has 0 aliphatic heterocycles. The second kappa shape index (κ2) is 7.36. The van der Waals surface area contributed by atoms with Crippen molar-refractivity contribution >= 4 is 11.8 Å². The first-order valence-electron chi connectivity index (χ1n) is 5.81. The number of anilines is 1. The predicted molar refractivity (Wildman–Crippen MR) is 70.4 cm³/mol. The Balaban J connectivity index is 2.82. The van der Waals surface area contributed by atoms with Crippen molar-refractivity contribution in [2.75, 3.05) is 18.5 Å². The molecule has 0 spiro atoms. The van der Waals surface area contributed by atoms with E-state index in [1.807, 2.05) is 19.1 Å². The summed E-state index contributed by atoms with van der Waals surface area (Å²) in [5.74, 6) is 5.75. The van der Waals surface area contributed by atoms with Crippen LogP contribution in [-0.4, -0.2) is 24.4 Å². The zero-order chi connectivity index (χ0) is 13.4. The van der Waals surface area contributed by atoms with Gasteiger partial charge in [0.1, 0.15) is 0 Å². The van der Waals surface area contributed by atoms with Gasteiger partial charge in [0.25, 0.3) is 0 Å². The van der Waals surface area contributed by atoms with Gasteiger partial charge in [-0.3, -0.25) is 5.32 Å². The van der Waals surface area contributed by atoms with Crippen molar-refractivity contribution in [3.63, 3.8) is 0 Å². The molecule has 1 amide bonds. The lowest BCUT2D eigenvalue weighted by Gasteiger charge is -2.08. The van der Waals surface area contributed by atoms with E-state index >= 15 is 0 Å². The van der Waals surface area contributed by atoms with Crippen molar-refractivity contribution < 1.29 is 14.6 Å². The molecule has 4 heteroatoms. The van der Waals surface area contributed by atoms with E-state index < -0.39 is 6.09 Å². The highest BCUT2D eigenvalue weighted by Crippen LogP contribution is 2.16. The number of benzene rings is 1. The van der Waals surface area contributed by atoms with Gasteiger partial charge in [0.2, 0.25) is 0 Å². The molecule has 0 atom stereocenters. The number of hydrogen-bond donors (Lipinski definition) is 2. The molecule has 0 bridgehead atoms. The number of hydrogen-bond acceptors (Lipinski definition) is 3. The van der Waals surface area contributed by atoms with Crippen LogP contribution in [0.3, 0.4) is 0 Å². The molecular formula is C14H17NO3. The van der Waals surface area contributed by atoms with Crippen LogP contribution in [0.2, 0.25) is 0 Å². The fourth-order valence-electron chi connectivity index (χ4n) is 1.33. The molecule has 18 heavy (non-hydrogen) atoms. The van der Waals surface area contributed by atoms with Crippen LogP contribution in [0.15, 0.2) is 18.2 Å². The molecule has 0 heterocycles. The minimum atomic E-state index is -0.471. The summed E-state index contributed by atoms with van der Waals surface area (Å²) >= 11 is 0. The van der Waals surface area contributed by atoms with Crippen molar-refractivity contribution in [2.45, 2.75) is 20.3 Å². The molecule has 0 saturated heterocycles. The van der Waals surface area contributed by atoms with Crippen LogP contribution >= 0.6 is 0 Å². The Morgan fingerprint density at radius 2 is 2.28 bits per heavy atom. The quantitative estimate of drug-likeness (QED) is 0.806. The molecule has 1 rings (SSSR count). The van der Waals surface area contributed by atoms with Gasteiger partial charge in [0.05, 0.1) is 13.2 Å². The summed E-state index contributed by atoms with van der Waals surface area (Å²) in [5.41, 5.74) is 2.42. The van der Waals surface area contributed by atoms with Crippen LogP contribution in [-0.2, 0) is 4.74 Å². The number of carbonyl (C=O) groups excluding carboxylic acids is 1. The second-order valence-corrected chi connectivity index (χ2v) is 3.65. The van der Waals surface area contributed by atoms with E-state index in [1.165, 1.54) is 0 Å². The Morgan fingerprint density at radius 3 is 2.94 bits per heavy atom. The Kier molecular flexibility index (Phi) is 5.75. The highest BCUT2D eigenvalue weighted by atomic mass is 16.5. The summed E-state index contributed by atoms with van der Waals surface area (Å²) in [6, 6.07) is 5.54. The third kappa shape index (κ3) is 4.48.